The lowest BCUT2D eigenvalue weighted by atomic mass is 10.0. The highest BCUT2D eigenvalue weighted by atomic mass is 32.1. The van der Waals surface area contributed by atoms with Crippen molar-refractivity contribution in [3.8, 4) is 6.07 Å². The SMILES string of the molecule is N#CC[n+]1csc2c1CCCC2. The summed E-state index contributed by atoms with van der Waals surface area (Å²) in [6.07, 6.45) is 4.99. The fraction of sp³-hybridized carbons (Fsp3) is 0.556. The van der Waals surface area contributed by atoms with E-state index in [9.17, 15) is 0 Å². The molecule has 12 heavy (non-hydrogen) atoms. The number of nitriles is 1. The molecule has 1 aromatic rings. The van der Waals surface area contributed by atoms with E-state index < -0.39 is 0 Å². The van der Waals surface area contributed by atoms with Gasteiger partial charge in [-0.25, -0.2) is 0 Å². The average Bonchev–Trinajstić information content (AvgIpc) is 2.50. The summed E-state index contributed by atoms with van der Waals surface area (Å²) in [5.74, 6) is 0. The smallest absolute Gasteiger partial charge is 0.191 e. The molecule has 0 amide bonds. The van der Waals surface area contributed by atoms with Crippen LogP contribution < -0.4 is 4.57 Å². The van der Waals surface area contributed by atoms with Crippen LogP contribution in [0.3, 0.4) is 0 Å². The fourth-order valence-corrected chi connectivity index (χ4v) is 2.77. The summed E-state index contributed by atoms with van der Waals surface area (Å²) in [7, 11) is 0. The van der Waals surface area contributed by atoms with Crippen LogP contribution in [-0.4, -0.2) is 0 Å². The summed E-state index contributed by atoms with van der Waals surface area (Å²) in [5, 5.41) is 8.57. The van der Waals surface area contributed by atoms with Crippen molar-refractivity contribution in [3.63, 3.8) is 0 Å². The molecule has 0 aromatic carbocycles. The van der Waals surface area contributed by atoms with E-state index in [0.717, 1.165) is 0 Å². The molecule has 62 valence electrons. The van der Waals surface area contributed by atoms with Gasteiger partial charge in [0.15, 0.2) is 5.69 Å². The molecule has 1 heterocycles. The lowest BCUT2D eigenvalue weighted by Gasteiger charge is -2.05. The maximum Gasteiger partial charge on any atom is 0.235 e. The molecular formula is C9H11N2S+. The molecule has 0 bridgehead atoms. The molecule has 0 saturated heterocycles. The van der Waals surface area contributed by atoms with Crippen LogP contribution in [0.5, 0.6) is 0 Å². The van der Waals surface area contributed by atoms with E-state index in [2.05, 4.69) is 16.1 Å². The number of thiazole rings is 1. The van der Waals surface area contributed by atoms with Crippen LogP contribution in [-0.2, 0) is 19.4 Å². The average molecular weight is 179 g/mol. The largest absolute Gasteiger partial charge is 0.235 e. The Labute approximate surface area is 76.1 Å². The molecular weight excluding hydrogens is 168 g/mol. The van der Waals surface area contributed by atoms with Crippen LogP contribution in [0.25, 0.3) is 0 Å². The van der Waals surface area contributed by atoms with Gasteiger partial charge in [-0.15, -0.1) is 0 Å². The van der Waals surface area contributed by atoms with Gasteiger partial charge in [-0.2, -0.15) is 9.83 Å². The molecule has 0 fully saturated rings. The second-order valence-corrected chi connectivity index (χ2v) is 4.03. The molecule has 1 aromatic heterocycles. The van der Waals surface area contributed by atoms with Crippen molar-refractivity contribution < 1.29 is 4.57 Å². The monoisotopic (exact) mass is 179 g/mol. The lowest BCUT2D eigenvalue weighted by Crippen LogP contribution is -2.36. The van der Waals surface area contributed by atoms with Crippen molar-refractivity contribution in [2.24, 2.45) is 0 Å². The first-order valence-electron chi connectivity index (χ1n) is 4.27. The van der Waals surface area contributed by atoms with Gasteiger partial charge in [-0.05, 0) is 19.3 Å². The van der Waals surface area contributed by atoms with E-state index in [1.54, 1.807) is 11.3 Å². The van der Waals surface area contributed by atoms with Crippen molar-refractivity contribution >= 4 is 11.3 Å². The molecule has 0 spiro atoms. The van der Waals surface area contributed by atoms with Crippen LogP contribution in [0.4, 0.5) is 0 Å². The minimum absolute atomic E-state index is 0.520. The zero-order valence-electron chi connectivity index (χ0n) is 6.92. The number of hydrogen-bond donors (Lipinski definition) is 0. The summed E-state index contributed by atoms with van der Waals surface area (Å²) < 4.78 is 2.10. The summed E-state index contributed by atoms with van der Waals surface area (Å²) >= 11 is 1.80. The molecule has 0 radical (unpaired) electrons. The van der Waals surface area contributed by atoms with Crippen LogP contribution in [0.2, 0.25) is 0 Å². The zero-order chi connectivity index (χ0) is 8.39. The van der Waals surface area contributed by atoms with E-state index in [4.69, 9.17) is 5.26 Å². The normalized spacial score (nSPS) is 15.2. The van der Waals surface area contributed by atoms with Gasteiger partial charge < -0.3 is 0 Å². The van der Waals surface area contributed by atoms with Gasteiger partial charge >= 0.3 is 0 Å². The van der Waals surface area contributed by atoms with Crippen molar-refractivity contribution in [1.29, 1.82) is 5.26 Å². The fourth-order valence-electron chi connectivity index (χ4n) is 1.69. The topological polar surface area (TPSA) is 27.7 Å². The summed E-state index contributed by atoms with van der Waals surface area (Å²) in [6.45, 7) is 0.520. The highest BCUT2D eigenvalue weighted by Gasteiger charge is 2.21. The molecule has 3 heteroatoms. The van der Waals surface area contributed by atoms with Gasteiger partial charge in [-0.1, -0.05) is 11.3 Å². The van der Waals surface area contributed by atoms with Gasteiger partial charge in [0.1, 0.15) is 6.07 Å². The van der Waals surface area contributed by atoms with Gasteiger partial charge in [0.25, 0.3) is 0 Å². The van der Waals surface area contributed by atoms with Gasteiger partial charge in [-0.3, -0.25) is 0 Å². The second kappa shape index (κ2) is 3.24. The van der Waals surface area contributed by atoms with Crippen molar-refractivity contribution in [2.75, 3.05) is 0 Å². The van der Waals surface area contributed by atoms with E-state index in [1.165, 1.54) is 36.3 Å². The number of rotatable bonds is 1. The van der Waals surface area contributed by atoms with Crippen molar-refractivity contribution in [3.05, 3.63) is 16.1 Å². The predicted molar refractivity (Wildman–Crippen MR) is 46.8 cm³/mol. The van der Waals surface area contributed by atoms with Gasteiger partial charge in [0.2, 0.25) is 12.1 Å². The standard InChI is InChI=1S/C9H11N2S/c10-5-6-11-7-12-9-4-2-1-3-8(9)11/h7H,1-4,6H2/q+1. The van der Waals surface area contributed by atoms with Crippen LogP contribution >= 0.6 is 11.3 Å². The molecule has 0 saturated carbocycles. The zero-order valence-corrected chi connectivity index (χ0v) is 7.73. The summed E-state index contributed by atoms with van der Waals surface area (Å²) in [5.41, 5.74) is 3.49. The minimum Gasteiger partial charge on any atom is -0.191 e. The Kier molecular flexibility index (Phi) is 2.09. The second-order valence-electron chi connectivity index (χ2n) is 3.09. The third-order valence-electron chi connectivity index (χ3n) is 2.30. The number of aryl methyl sites for hydroxylation is 1. The van der Waals surface area contributed by atoms with E-state index >= 15 is 0 Å². The maximum atomic E-state index is 8.57. The van der Waals surface area contributed by atoms with Crippen LogP contribution in [0, 0.1) is 11.3 Å². The summed E-state index contributed by atoms with van der Waals surface area (Å²) in [6, 6.07) is 2.19. The Morgan fingerprint density at radius 1 is 1.50 bits per heavy atom. The molecule has 1 aliphatic carbocycles. The maximum absolute atomic E-state index is 8.57. The Balaban J connectivity index is 2.33. The van der Waals surface area contributed by atoms with Gasteiger partial charge in [0, 0.05) is 6.42 Å². The first kappa shape index (κ1) is 7.75. The number of fused-ring (bicyclic) bond motifs is 1. The van der Waals surface area contributed by atoms with Crippen LogP contribution in [0.15, 0.2) is 5.51 Å². The molecule has 1 aliphatic rings. The Morgan fingerprint density at radius 3 is 3.17 bits per heavy atom. The van der Waals surface area contributed by atoms with Crippen molar-refractivity contribution in [2.45, 2.75) is 32.2 Å². The molecule has 0 aliphatic heterocycles. The third-order valence-corrected chi connectivity index (χ3v) is 3.38. The highest BCUT2D eigenvalue weighted by Crippen LogP contribution is 2.21. The lowest BCUT2D eigenvalue weighted by molar-refractivity contribution is -0.688. The number of aromatic nitrogens is 1. The molecule has 0 N–H and O–H groups in total. The van der Waals surface area contributed by atoms with E-state index in [-0.39, 0.29) is 0 Å². The number of nitrogens with zero attached hydrogens (tertiary/aromatic N) is 2. The molecule has 0 unspecified atom stereocenters. The van der Waals surface area contributed by atoms with E-state index in [1.807, 2.05) is 0 Å². The molecule has 2 nitrogen and oxygen atoms in total. The van der Waals surface area contributed by atoms with Gasteiger partial charge in [0.05, 0.1) is 4.88 Å². The third kappa shape index (κ3) is 1.23. The molecule has 0 atom stereocenters. The highest BCUT2D eigenvalue weighted by molar-refractivity contribution is 7.09. The first-order valence-corrected chi connectivity index (χ1v) is 5.15. The molecule has 2 rings (SSSR count). The quantitative estimate of drug-likeness (QED) is 0.599. The Morgan fingerprint density at radius 2 is 2.33 bits per heavy atom. The van der Waals surface area contributed by atoms with Crippen molar-refractivity contribution in [1.82, 2.24) is 0 Å². The predicted octanol–water partition coefficient (Wildman–Crippen LogP) is 1.44. The summed E-state index contributed by atoms with van der Waals surface area (Å²) in [4.78, 5) is 1.50. The first-order chi connectivity index (χ1) is 5.92. The number of hydrogen-bond acceptors (Lipinski definition) is 2. The van der Waals surface area contributed by atoms with E-state index in [0.29, 0.717) is 6.54 Å². The Hall–Kier alpha value is -0.880. The minimum atomic E-state index is 0.520. The van der Waals surface area contributed by atoms with Crippen LogP contribution in [0.1, 0.15) is 23.4 Å². The Bertz CT molecular complexity index is 322.